The molecule has 0 rings (SSSR count). The third-order valence-electron chi connectivity index (χ3n) is 0.674. The molecule has 0 aliphatic carbocycles. The van der Waals surface area contributed by atoms with Crippen molar-refractivity contribution in [3.8, 4) is 0 Å². The molecule has 0 aliphatic rings. The van der Waals surface area contributed by atoms with E-state index in [4.69, 9.17) is 11.6 Å². The lowest BCUT2D eigenvalue weighted by Gasteiger charge is -2.07. The maximum atomic E-state index is 11.5. The van der Waals surface area contributed by atoms with Gasteiger partial charge in [0.15, 0.2) is 6.80 Å². The molecule has 1 amide bonds. The lowest BCUT2D eigenvalue weighted by molar-refractivity contribution is -0.119. The summed E-state index contributed by atoms with van der Waals surface area (Å²) < 4.78 is 11.5. The molecule has 0 aromatic rings. The molecule has 0 unspecified atom stereocenters. The summed E-state index contributed by atoms with van der Waals surface area (Å²) in [6.45, 7) is -0.474. The van der Waals surface area contributed by atoms with Gasteiger partial charge in [-0.15, -0.1) is 11.6 Å². The molecule has 0 bridgehead atoms. The molecule has 0 fully saturated rings. The van der Waals surface area contributed by atoms with E-state index in [1.807, 2.05) is 0 Å². The van der Waals surface area contributed by atoms with Gasteiger partial charge in [-0.25, -0.2) is 4.39 Å². The summed E-state index contributed by atoms with van der Waals surface area (Å²) in [5.74, 6) is 0.280. The number of carbonyl (C=O) groups excluding carboxylic acids is 1. The molecule has 0 spiro atoms. The average molecular weight is 140 g/mol. The van der Waals surface area contributed by atoms with Crippen molar-refractivity contribution in [3.63, 3.8) is 0 Å². The van der Waals surface area contributed by atoms with Crippen LogP contribution >= 0.6 is 11.6 Å². The van der Waals surface area contributed by atoms with Crippen LogP contribution in [-0.4, -0.2) is 30.5 Å². The highest BCUT2D eigenvalue weighted by Crippen LogP contribution is 1.83. The van der Waals surface area contributed by atoms with Crippen LogP contribution in [0.3, 0.4) is 0 Å². The second-order valence-electron chi connectivity index (χ2n) is 1.23. The number of alkyl halides is 2. The Balaban J connectivity index is 3.21. The van der Waals surface area contributed by atoms with Crippen LogP contribution < -0.4 is 0 Å². The lowest BCUT2D eigenvalue weighted by atomic mass is 10.7. The van der Waals surface area contributed by atoms with E-state index in [-0.39, 0.29) is 12.4 Å². The molecule has 2 nitrogen and oxygen atoms in total. The molecular weight excluding hydrogens is 133 g/mol. The van der Waals surface area contributed by atoms with E-state index in [1.165, 1.54) is 0 Å². The van der Waals surface area contributed by atoms with Crippen LogP contribution in [0, 0.1) is 0 Å². The Hall–Kier alpha value is -0.310. The molecular formula is C4H7ClFNO. The maximum absolute atomic E-state index is 11.5. The Kier molecular flexibility index (Phi) is 4.65. The minimum Gasteiger partial charge on any atom is -0.316 e. The third kappa shape index (κ3) is 2.80. The molecule has 0 heterocycles. The Morgan fingerprint density at radius 2 is 2.38 bits per heavy atom. The second-order valence-corrected chi connectivity index (χ2v) is 1.60. The third-order valence-corrected chi connectivity index (χ3v) is 0.843. The molecule has 0 aromatic heterocycles. The van der Waals surface area contributed by atoms with Crippen LogP contribution in [0.4, 0.5) is 4.39 Å². The Bertz CT molecular complexity index is 71.1. The van der Waals surface area contributed by atoms with Crippen LogP contribution in [0.2, 0.25) is 0 Å². The first-order chi connectivity index (χ1) is 3.85. The Morgan fingerprint density at radius 3 is 2.50 bits per heavy atom. The second kappa shape index (κ2) is 4.84. The molecule has 0 radical (unpaired) electrons. The van der Waals surface area contributed by atoms with Gasteiger partial charge in [-0.1, -0.05) is 0 Å². The lowest BCUT2D eigenvalue weighted by Crippen LogP contribution is -2.22. The van der Waals surface area contributed by atoms with E-state index >= 15 is 0 Å². The van der Waals surface area contributed by atoms with Crippen LogP contribution in [0.25, 0.3) is 0 Å². The molecule has 0 aliphatic heterocycles. The minimum absolute atomic E-state index is 0.279. The van der Waals surface area contributed by atoms with Gasteiger partial charge in [0.25, 0.3) is 0 Å². The van der Waals surface area contributed by atoms with Gasteiger partial charge in [-0.2, -0.15) is 0 Å². The fraction of sp³-hybridized carbons (Fsp3) is 0.750. The molecule has 48 valence electrons. The average Bonchev–Trinajstić information content (AvgIpc) is 1.83. The van der Waals surface area contributed by atoms with Crippen molar-refractivity contribution in [1.82, 2.24) is 4.90 Å². The van der Waals surface area contributed by atoms with Crippen molar-refractivity contribution >= 4 is 18.0 Å². The zero-order valence-corrected chi connectivity index (χ0v) is 5.07. The number of halogens is 2. The summed E-state index contributed by atoms with van der Waals surface area (Å²) in [5.41, 5.74) is 0. The monoisotopic (exact) mass is 139 g/mol. The van der Waals surface area contributed by atoms with E-state index in [0.29, 0.717) is 6.41 Å². The molecule has 8 heavy (non-hydrogen) atoms. The van der Waals surface area contributed by atoms with Gasteiger partial charge < -0.3 is 4.90 Å². The minimum atomic E-state index is -0.754. The van der Waals surface area contributed by atoms with Crippen molar-refractivity contribution in [2.45, 2.75) is 0 Å². The number of rotatable bonds is 4. The number of amides is 1. The van der Waals surface area contributed by atoms with E-state index < -0.39 is 6.80 Å². The zero-order chi connectivity index (χ0) is 6.41. The summed E-state index contributed by atoms with van der Waals surface area (Å²) in [6.07, 6.45) is 0.433. The van der Waals surface area contributed by atoms with Crippen LogP contribution in [0.15, 0.2) is 0 Å². The first kappa shape index (κ1) is 7.69. The number of carbonyl (C=O) groups is 1. The predicted octanol–water partition coefficient (Wildman–Crippen LogP) is 0.611. The molecule has 0 saturated carbocycles. The van der Waals surface area contributed by atoms with Gasteiger partial charge in [-0.05, 0) is 0 Å². The fourth-order valence-corrected chi connectivity index (χ4v) is 0.466. The van der Waals surface area contributed by atoms with Crippen molar-refractivity contribution in [2.24, 2.45) is 0 Å². The summed E-state index contributed by atoms with van der Waals surface area (Å²) in [6, 6.07) is 0. The highest BCUT2D eigenvalue weighted by atomic mass is 35.5. The van der Waals surface area contributed by atoms with Gasteiger partial charge in [0, 0.05) is 12.4 Å². The number of hydrogen-bond donors (Lipinski definition) is 0. The van der Waals surface area contributed by atoms with E-state index in [2.05, 4.69) is 0 Å². The highest BCUT2D eigenvalue weighted by Gasteiger charge is 1.94. The Labute approximate surface area is 52.2 Å². The number of nitrogens with zero attached hydrogens (tertiary/aromatic N) is 1. The van der Waals surface area contributed by atoms with Crippen molar-refractivity contribution in [1.29, 1.82) is 0 Å². The van der Waals surface area contributed by atoms with Gasteiger partial charge in [0.1, 0.15) is 0 Å². The van der Waals surface area contributed by atoms with Gasteiger partial charge in [0.05, 0.1) is 0 Å². The van der Waals surface area contributed by atoms with Crippen LogP contribution in [0.1, 0.15) is 0 Å². The largest absolute Gasteiger partial charge is 0.316 e. The summed E-state index contributed by atoms with van der Waals surface area (Å²) in [4.78, 5) is 10.7. The summed E-state index contributed by atoms with van der Waals surface area (Å²) in [7, 11) is 0. The van der Waals surface area contributed by atoms with E-state index in [9.17, 15) is 9.18 Å². The Morgan fingerprint density at radius 1 is 1.75 bits per heavy atom. The van der Waals surface area contributed by atoms with Gasteiger partial charge in [-0.3, -0.25) is 4.79 Å². The maximum Gasteiger partial charge on any atom is 0.211 e. The quantitative estimate of drug-likeness (QED) is 0.318. The van der Waals surface area contributed by atoms with Crippen molar-refractivity contribution in [2.75, 3.05) is 19.2 Å². The molecule has 4 heteroatoms. The first-order valence-electron chi connectivity index (χ1n) is 2.16. The van der Waals surface area contributed by atoms with E-state index in [1.54, 1.807) is 0 Å². The number of hydrogen-bond acceptors (Lipinski definition) is 1. The molecule has 0 atom stereocenters. The first-order valence-corrected chi connectivity index (χ1v) is 2.70. The molecule has 0 saturated heterocycles. The SMILES string of the molecule is O=CN(CF)CCCl. The fourth-order valence-electron chi connectivity index (χ4n) is 0.249. The van der Waals surface area contributed by atoms with Crippen molar-refractivity contribution in [3.05, 3.63) is 0 Å². The van der Waals surface area contributed by atoms with Gasteiger partial charge in [0.2, 0.25) is 6.41 Å². The standard InChI is InChI=1S/C4H7ClFNO/c5-1-2-7(3-6)4-8/h4H,1-3H2. The predicted molar refractivity (Wildman–Crippen MR) is 29.5 cm³/mol. The summed E-state index contributed by atoms with van der Waals surface area (Å²) >= 11 is 5.19. The van der Waals surface area contributed by atoms with Crippen LogP contribution in [-0.2, 0) is 4.79 Å². The summed E-state index contributed by atoms with van der Waals surface area (Å²) in [5, 5.41) is 0. The highest BCUT2D eigenvalue weighted by molar-refractivity contribution is 6.18. The normalized spacial score (nSPS) is 8.75. The molecule has 0 aromatic carbocycles. The molecule has 0 N–H and O–H groups in total. The topological polar surface area (TPSA) is 20.3 Å². The van der Waals surface area contributed by atoms with Crippen LogP contribution in [0.5, 0.6) is 0 Å². The van der Waals surface area contributed by atoms with Gasteiger partial charge >= 0.3 is 0 Å². The smallest absolute Gasteiger partial charge is 0.211 e. The van der Waals surface area contributed by atoms with E-state index in [0.717, 1.165) is 4.90 Å². The van der Waals surface area contributed by atoms with Crippen molar-refractivity contribution < 1.29 is 9.18 Å². The zero-order valence-electron chi connectivity index (χ0n) is 4.31.